The average molecular weight is 263 g/mol. The van der Waals surface area contributed by atoms with E-state index in [1.807, 2.05) is 25.1 Å². The Hall–Kier alpha value is -1.62. The molecule has 4 nitrogen and oxygen atoms in total. The molecule has 1 amide bonds. The first-order valence-corrected chi connectivity index (χ1v) is 6.88. The summed E-state index contributed by atoms with van der Waals surface area (Å²) < 4.78 is 0.994. The van der Waals surface area contributed by atoms with E-state index >= 15 is 0 Å². The third-order valence-electron chi connectivity index (χ3n) is 2.81. The van der Waals surface area contributed by atoms with Crippen molar-refractivity contribution in [1.29, 1.82) is 0 Å². The van der Waals surface area contributed by atoms with Crippen molar-refractivity contribution in [3.8, 4) is 0 Å². The molecule has 96 valence electrons. The van der Waals surface area contributed by atoms with Gasteiger partial charge in [-0.25, -0.2) is 4.98 Å². The summed E-state index contributed by atoms with van der Waals surface area (Å²) in [5.41, 5.74) is 7.29. The van der Waals surface area contributed by atoms with Gasteiger partial charge in [-0.2, -0.15) is 0 Å². The lowest BCUT2D eigenvalue weighted by molar-refractivity contribution is -0.119. The van der Waals surface area contributed by atoms with E-state index in [0.717, 1.165) is 23.1 Å². The van der Waals surface area contributed by atoms with Crippen LogP contribution in [-0.4, -0.2) is 10.9 Å². The number of hydrogen-bond acceptors (Lipinski definition) is 4. The molecule has 1 unspecified atom stereocenters. The van der Waals surface area contributed by atoms with Crippen LogP contribution >= 0.6 is 11.3 Å². The minimum Gasteiger partial charge on any atom is -0.399 e. The van der Waals surface area contributed by atoms with Crippen LogP contribution in [0.2, 0.25) is 0 Å². The Balaban J connectivity index is 2.14. The maximum Gasteiger partial charge on any atom is 0.228 e. The van der Waals surface area contributed by atoms with Crippen LogP contribution in [0.25, 0.3) is 10.2 Å². The number of thiazole rings is 1. The molecule has 2 aromatic rings. The predicted molar refractivity (Wildman–Crippen MR) is 76.7 cm³/mol. The number of benzene rings is 1. The van der Waals surface area contributed by atoms with Gasteiger partial charge in [-0.05, 0) is 24.6 Å². The van der Waals surface area contributed by atoms with Gasteiger partial charge in [-0.15, -0.1) is 0 Å². The summed E-state index contributed by atoms with van der Waals surface area (Å²) >= 11 is 1.45. The third-order valence-corrected chi connectivity index (χ3v) is 3.75. The van der Waals surface area contributed by atoms with Gasteiger partial charge in [0.15, 0.2) is 5.13 Å². The molecular weight excluding hydrogens is 246 g/mol. The quantitative estimate of drug-likeness (QED) is 0.832. The SMILES string of the molecule is CCCC(C)C(=O)Nc1nc2ccc(N)cc2s1. The van der Waals surface area contributed by atoms with E-state index in [4.69, 9.17) is 5.73 Å². The smallest absolute Gasteiger partial charge is 0.228 e. The standard InChI is InChI=1S/C13H17N3OS/c1-3-4-8(2)12(17)16-13-15-10-6-5-9(14)7-11(10)18-13/h5-8H,3-4,14H2,1-2H3,(H,15,16,17). The van der Waals surface area contributed by atoms with Crippen LogP contribution < -0.4 is 11.1 Å². The predicted octanol–water partition coefficient (Wildman–Crippen LogP) is 3.25. The Bertz CT molecular complexity index is 564. The van der Waals surface area contributed by atoms with Crippen molar-refractivity contribution in [2.75, 3.05) is 11.1 Å². The van der Waals surface area contributed by atoms with Gasteiger partial charge in [-0.3, -0.25) is 4.79 Å². The van der Waals surface area contributed by atoms with Gasteiger partial charge in [0.05, 0.1) is 10.2 Å². The van der Waals surface area contributed by atoms with Gasteiger partial charge < -0.3 is 11.1 Å². The van der Waals surface area contributed by atoms with E-state index in [2.05, 4.69) is 17.2 Å². The number of nitrogen functional groups attached to an aromatic ring is 1. The fourth-order valence-electron chi connectivity index (χ4n) is 1.79. The molecule has 1 atom stereocenters. The molecule has 5 heteroatoms. The van der Waals surface area contributed by atoms with Gasteiger partial charge in [0.2, 0.25) is 5.91 Å². The highest BCUT2D eigenvalue weighted by molar-refractivity contribution is 7.22. The van der Waals surface area contributed by atoms with Crippen LogP contribution in [0.5, 0.6) is 0 Å². The molecule has 0 saturated heterocycles. The summed E-state index contributed by atoms with van der Waals surface area (Å²) in [5.74, 6) is 0.0518. The number of aromatic nitrogens is 1. The zero-order valence-electron chi connectivity index (χ0n) is 10.6. The van der Waals surface area contributed by atoms with Crippen LogP contribution in [0.1, 0.15) is 26.7 Å². The lowest BCUT2D eigenvalue weighted by atomic mass is 10.1. The largest absolute Gasteiger partial charge is 0.399 e. The molecule has 0 aliphatic rings. The van der Waals surface area contributed by atoms with E-state index in [1.54, 1.807) is 0 Å². The minimum atomic E-state index is 0.0204. The second-order valence-electron chi connectivity index (χ2n) is 4.43. The molecule has 0 radical (unpaired) electrons. The van der Waals surface area contributed by atoms with Crippen molar-refractivity contribution in [2.24, 2.45) is 5.92 Å². The Morgan fingerprint density at radius 1 is 1.56 bits per heavy atom. The van der Waals surface area contributed by atoms with E-state index in [1.165, 1.54) is 11.3 Å². The maximum atomic E-state index is 11.9. The van der Waals surface area contributed by atoms with Gasteiger partial charge in [0.25, 0.3) is 0 Å². The summed E-state index contributed by atoms with van der Waals surface area (Å²) in [6.07, 6.45) is 1.90. The summed E-state index contributed by atoms with van der Waals surface area (Å²) in [7, 11) is 0. The molecule has 1 aromatic heterocycles. The van der Waals surface area contributed by atoms with Crippen LogP contribution in [0.4, 0.5) is 10.8 Å². The summed E-state index contributed by atoms with van der Waals surface area (Å²) in [6.45, 7) is 4.01. The molecule has 0 aliphatic heterocycles. The Labute approximate surface area is 110 Å². The topological polar surface area (TPSA) is 68.0 Å². The van der Waals surface area contributed by atoms with Crippen molar-refractivity contribution in [2.45, 2.75) is 26.7 Å². The lowest BCUT2D eigenvalue weighted by Crippen LogP contribution is -2.19. The van der Waals surface area contributed by atoms with Crippen LogP contribution in [0, 0.1) is 5.92 Å². The number of nitrogens with zero attached hydrogens (tertiary/aromatic N) is 1. The number of amides is 1. The van der Waals surface area contributed by atoms with Crippen molar-refractivity contribution in [3.05, 3.63) is 18.2 Å². The van der Waals surface area contributed by atoms with E-state index in [-0.39, 0.29) is 11.8 Å². The van der Waals surface area contributed by atoms with Gasteiger partial charge >= 0.3 is 0 Å². The molecule has 18 heavy (non-hydrogen) atoms. The van der Waals surface area contributed by atoms with E-state index in [9.17, 15) is 4.79 Å². The highest BCUT2D eigenvalue weighted by Crippen LogP contribution is 2.27. The van der Waals surface area contributed by atoms with Crippen molar-refractivity contribution in [3.63, 3.8) is 0 Å². The lowest BCUT2D eigenvalue weighted by Gasteiger charge is -2.08. The molecule has 0 fully saturated rings. The highest BCUT2D eigenvalue weighted by atomic mass is 32.1. The zero-order valence-corrected chi connectivity index (χ0v) is 11.4. The number of carbonyl (C=O) groups is 1. The summed E-state index contributed by atoms with van der Waals surface area (Å²) in [4.78, 5) is 16.2. The molecule has 3 N–H and O–H groups in total. The number of rotatable bonds is 4. The van der Waals surface area contributed by atoms with Crippen LogP contribution in [0.15, 0.2) is 18.2 Å². The second kappa shape index (κ2) is 5.35. The van der Waals surface area contributed by atoms with Crippen molar-refractivity contribution < 1.29 is 4.79 Å². The number of hydrogen-bond donors (Lipinski definition) is 2. The number of fused-ring (bicyclic) bond motifs is 1. The average Bonchev–Trinajstić information content (AvgIpc) is 2.70. The Morgan fingerprint density at radius 3 is 3.06 bits per heavy atom. The first kappa shape index (κ1) is 12.8. The zero-order chi connectivity index (χ0) is 13.1. The van der Waals surface area contributed by atoms with Crippen LogP contribution in [-0.2, 0) is 4.79 Å². The van der Waals surface area contributed by atoms with Gasteiger partial charge in [0, 0.05) is 11.6 Å². The molecular formula is C13H17N3OS. The Morgan fingerprint density at radius 2 is 2.33 bits per heavy atom. The fraction of sp³-hybridized carbons (Fsp3) is 0.385. The fourth-order valence-corrected chi connectivity index (χ4v) is 2.70. The molecule has 0 saturated carbocycles. The van der Waals surface area contributed by atoms with Gasteiger partial charge in [-0.1, -0.05) is 31.6 Å². The molecule has 1 heterocycles. The molecule has 2 rings (SSSR count). The monoisotopic (exact) mass is 263 g/mol. The normalized spacial score (nSPS) is 12.6. The first-order chi connectivity index (χ1) is 8.60. The molecule has 0 spiro atoms. The molecule has 0 aliphatic carbocycles. The molecule has 1 aromatic carbocycles. The number of nitrogens with two attached hydrogens (primary N) is 1. The highest BCUT2D eigenvalue weighted by Gasteiger charge is 2.14. The van der Waals surface area contributed by atoms with Crippen molar-refractivity contribution in [1.82, 2.24) is 4.98 Å². The number of carbonyl (C=O) groups excluding carboxylic acids is 1. The maximum absolute atomic E-state index is 11.9. The third kappa shape index (κ3) is 2.79. The molecule has 0 bridgehead atoms. The van der Waals surface area contributed by atoms with Crippen molar-refractivity contribution >= 4 is 38.3 Å². The van der Waals surface area contributed by atoms with E-state index in [0.29, 0.717) is 10.8 Å². The minimum absolute atomic E-state index is 0.0204. The second-order valence-corrected chi connectivity index (χ2v) is 5.46. The summed E-state index contributed by atoms with van der Waals surface area (Å²) in [5, 5.41) is 3.51. The first-order valence-electron chi connectivity index (χ1n) is 6.07. The van der Waals surface area contributed by atoms with Gasteiger partial charge in [0.1, 0.15) is 0 Å². The summed E-state index contributed by atoms with van der Waals surface area (Å²) in [6, 6.07) is 5.55. The van der Waals surface area contributed by atoms with Crippen LogP contribution in [0.3, 0.4) is 0 Å². The number of anilines is 2. The number of nitrogens with one attached hydrogen (secondary N) is 1. The van der Waals surface area contributed by atoms with E-state index < -0.39 is 0 Å². The Kier molecular flexibility index (Phi) is 3.81.